The highest BCUT2D eigenvalue weighted by Crippen LogP contribution is 2.25. The Bertz CT molecular complexity index is 658. The maximum Gasteiger partial charge on any atom is 0.172 e. The van der Waals surface area contributed by atoms with Gasteiger partial charge >= 0.3 is 0 Å². The number of hydrogen-bond acceptors (Lipinski definition) is 3. The van der Waals surface area contributed by atoms with Crippen LogP contribution in [0.1, 0.15) is 11.1 Å². The Morgan fingerprint density at radius 2 is 1.95 bits per heavy atom. The van der Waals surface area contributed by atoms with E-state index in [1.807, 2.05) is 54.4 Å². The summed E-state index contributed by atoms with van der Waals surface area (Å²) in [6.07, 6.45) is 0. The Hall–Kier alpha value is -1.72. The molecule has 0 saturated carbocycles. The van der Waals surface area contributed by atoms with Crippen LogP contribution in [0.4, 0.5) is 5.69 Å². The number of anilines is 1. The van der Waals surface area contributed by atoms with Crippen molar-refractivity contribution in [3.8, 4) is 0 Å². The lowest BCUT2D eigenvalue weighted by atomic mass is 10.1. The third kappa shape index (κ3) is 3.89. The van der Waals surface area contributed by atoms with E-state index < -0.39 is 0 Å². The Labute approximate surface area is 136 Å². The van der Waals surface area contributed by atoms with E-state index in [0.29, 0.717) is 17.1 Å². The van der Waals surface area contributed by atoms with Gasteiger partial charge in [-0.1, -0.05) is 44.8 Å². The molecule has 0 saturated heterocycles. The zero-order chi connectivity index (χ0) is 15.4. The fourth-order valence-electron chi connectivity index (χ4n) is 2.05. The van der Waals surface area contributed by atoms with Crippen LogP contribution in [0.25, 0.3) is 0 Å². The molecule has 0 heterocycles. The fraction of sp³-hybridized carbons (Fsp3) is 0.133. The molecule has 0 aliphatic rings. The predicted molar refractivity (Wildman–Crippen MR) is 90.2 cm³/mol. The first-order valence-electron chi connectivity index (χ1n) is 6.24. The molecule has 0 atom stereocenters. The molecule has 2 aromatic carbocycles. The van der Waals surface area contributed by atoms with Gasteiger partial charge in [-0.2, -0.15) is 0 Å². The number of nitrogens with two attached hydrogens (primary N) is 1. The van der Waals surface area contributed by atoms with Crippen molar-refractivity contribution in [1.82, 2.24) is 0 Å². The minimum absolute atomic E-state index is 0.0780. The van der Waals surface area contributed by atoms with Crippen LogP contribution in [0.3, 0.4) is 0 Å². The van der Waals surface area contributed by atoms with Crippen molar-refractivity contribution in [2.45, 2.75) is 6.54 Å². The number of hydrogen-bond donors (Lipinski definition) is 2. The van der Waals surface area contributed by atoms with Crippen molar-refractivity contribution in [3.63, 3.8) is 0 Å². The van der Waals surface area contributed by atoms with E-state index in [1.165, 1.54) is 0 Å². The summed E-state index contributed by atoms with van der Waals surface area (Å²) in [6, 6.07) is 13.3. The minimum Gasteiger partial charge on any atom is -0.409 e. The number of amidine groups is 1. The third-order valence-corrected chi connectivity index (χ3v) is 3.83. The Kier molecular flexibility index (Phi) is 5.09. The van der Waals surface area contributed by atoms with Gasteiger partial charge < -0.3 is 15.8 Å². The highest BCUT2D eigenvalue weighted by molar-refractivity contribution is 9.10. The zero-order valence-electron chi connectivity index (χ0n) is 11.4. The lowest BCUT2D eigenvalue weighted by Crippen LogP contribution is -2.22. The third-order valence-electron chi connectivity index (χ3n) is 3.09. The van der Waals surface area contributed by atoms with Gasteiger partial charge in [0.05, 0.1) is 0 Å². The maximum absolute atomic E-state index is 8.92. The quantitative estimate of drug-likeness (QED) is 0.373. The molecule has 0 unspecified atom stereocenters. The summed E-state index contributed by atoms with van der Waals surface area (Å²) in [6.45, 7) is 0.685. The molecule has 21 heavy (non-hydrogen) atoms. The van der Waals surface area contributed by atoms with E-state index in [0.717, 1.165) is 15.7 Å². The minimum atomic E-state index is 0.0780. The van der Waals surface area contributed by atoms with Crippen LogP contribution in [0.2, 0.25) is 5.02 Å². The molecule has 0 aliphatic heterocycles. The number of nitrogens with zero attached hydrogens (tertiary/aromatic N) is 2. The van der Waals surface area contributed by atoms with Crippen molar-refractivity contribution in [2.24, 2.45) is 10.9 Å². The largest absolute Gasteiger partial charge is 0.409 e. The molecule has 0 amide bonds. The number of halogens is 2. The van der Waals surface area contributed by atoms with Crippen LogP contribution in [-0.4, -0.2) is 18.1 Å². The van der Waals surface area contributed by atoms with E-state index in [1.54, 1.807) is 0 Å². The van der Waals surface area contributed by atoms with Crippen molar-refractivity contribution in [1.29, 1.82) is 0 Å². The van der Waals surface area contributed by atoms with Gasteiger partial charge in [0.2, 0.25) is 0 Å². The zero-order valence-corrected chi connectivity index (χ0v) is 13.8. The highest BCUT2D eigenvalue weighted by atomic mass is 79.9. The van der Waals surface area contributed by atoms with E-state index in [-0.39, 0.29) is 5.84 Å². The van der Waals surface area contributed by atoms with Gasteiger partial charge in [-0.15, -0.1) is 0 Å². The van der Waals surface area contributed by atoms with E-state index in [9.17, 15) is 0 Å². The van der Waals surface area contributed by atoms with Crippen LogP contribution < -0.4 is 10.6 Å². The summed E-state index contributed by atoms with van der Waals surface area (Å²) in [5, 5.41) is 12.7. The first-order chi connectivity index (χ1) is 10.0. The predicted octanol–water partition coefficient (Wildman–Crippen LogP) is 3.83. The van der Waals surface area contributed by atoms with Gasteiger partial charge in [-0.3, -0.25) is 0 Å². The topological polar surface area (TPSA) is 61.8 Å². The standard InChI is InChI=1S/C15H15BrClN3O/c1-20(9-10-2-5-12(17)6-3-10)14-7-4-11(16)8-13(14)15(18)19-21/h2-8,21H,9H2,1H3,(H2,18,19). The summed E-state index contributed by atoms with van der Waals surface area (Å²) in [4.78, 5) is 2.03. The molecule has 6 heteroatoms. The summed E-state index contributed by atoms with van der Waals surface area (Å²) in [5.41, 5.74) is 8.42. The lowest BCUT2D eigenvalue weighted by molar-refractivity contribution is 0.318. The molecule has 0 bridgehead atoms. The molecule has 3 N–H and O–H groups in total. The Morgan fingerprint density at radius 1 is 1.29 bits per heavy atom. The maximum atomic E-state index is 8.92. The molecule has 2 aromatic rings. The summed E-state index contributed by atoms with van der Waals surface area (Å²) < 4.78 is 0.868. The van der Waals surface area contributed by atoms with E-state index in [4.69, 9.17) is 22.5 Å². The van der Waals surface area contributed by atoms with E-state index >= 15 is 0 Å². The first-order valence-corrected chi connectivity index (χ1v) is 7.41. The van der Waals surface area contributed by atoms with Gasteiger partial charge in [0.1, 0.15) is 0 Å². The molecular weight excluding hydrogens is 354 g/mol. The number of rotatable bonds is 4. The lowest BCUT2D eigenvalue weighted by Gasteiger charge is -2.22. The van der Waals surface area contributed by atoms with Gasteiger partial charge in [0.25, 0.3) is 0 Å². The molecule has 0 aliphatic carbocycles. The van der Waals surface area contributed by atoms with Crippen LogP contribution in [0.5, 0.6) is 0 Å². The van der Waals surface area contributed by atoms with Crippen LogP contribution in [0, 0.1) is 0 Å². The summed E-state index contributed by atoms with van der Waals surface area (Å²) >= 11 is 9.28. The number of benzene rings is 2. The van der Waals surface area contributed by atoms with Gasteiger partial charge in [-0.05, 0) is 35.9 Å². The Balaban J connectivity index is 2.30. The molecule has 4 nitrogen and oxygen atoms in total. The van der Waals surface area contributed by atoms with E-state index in [2.05, 4.69) is 21.1 Å². The molecule has 2 rings (SSSR count). The average molecular weight is 369 g/mol. The molecular formula is C15H15BrClN3O. The second-order valence-corrected chi connectivity index (χ2v) is 5.98. The van der Waals surface area contributed by atoms with Crippen molar-refractivity contribution >= 4 is 39.1 Å². The second kappa shape index (κ2) is 6.83. The average Bonchev–Trinajstić information content (AvgIpc) is 2.48. The van der Waals surface area contributed by atoms with Gasteiger partial charge in [-0.25, -0.2) is 0 Å². The highest BCUT2D eigenvalue weighted by Gasteiger charge is 2.12. The first kappa shape index (κ1) is 15.7. The fourth-order valence-corrected chi connectivity index (χ4v) is 2.54. The second-order valence-electron chi connectivity index (χ2n) is 4.63. The van der Waals surface area contributed by atoms with Crippen LogP contribution in [-0.2, 0) is 6.54 Å². The van der Waals surface area contributed by atoms with Crippen molar-refractivity contribution in [2.75, 3.05) is 11.9 Å². The Morgan fingerprint density at radius 3 is 2.57 bits per heavy atom. The normalized spacial score (nSPS) is 11.5. The van der Waals surface area contributed by atoms with Crippen LogP contribution >= 0.6 is 27.5 Å². The smallest absolute Gasteiger partial charge is 0.172 e. The van der Waals surface area contributed by atoms with Gasteiger partial charge in [0, 0.05) is 34.3 Å². The summed E-state index contributed by atoms with van der Waals surface area (Å²) in [7, 11) is 1.95. The molecule has 0 spiro atoms. The monoisotopic (exact) mass is 367 g/mol. The van der Waals surface area contributed by atoms with Crippen LogP contribution in [0.15, 0.2) is 52.1 Å². The van der Waals surface area contributed by atoms with Gasteiger partial charge in [0.15, 0.2) is 5.84 Å². The number of oxime groups is 1. The summed E-state index contributed by atoms with van der Waals surface area (Å²) in [5.74, 6) is 0.0780. The molecule has 0 radical (unpaired) electrons. The van der Waals surface area contributed by atoms with Crippen molar-refractivity contribution in [3.05, 3.63) is 63.1 Å². The molecule has 0 aromatic heterocycles. The SMILES string of the molecule is CN(Cc1ccc(Cl)cc1)c1ccc(Br)cc1/C(N)=N/O. The molecule has 110 valence electrons. The molecule has 0 fully saturated rings. The van der Waals surface area contributed by atoms with Crippen molar-refractivity contribution < 1.29 is 5.21 Å².